The average Bonchev–Trinajstić information content (AvgIpc) is 3.00. The highest BCUT2D eigenvalue weighted by atomic mass is 16.2. The van der Waals surface area contributed by atoms with E-state index in [1.807, 2.05) is 27.9 Å². The lowest BCUT2D eigenvalue weighted by Crippen LogP contribution is -2.60. The molecule has 26 heavy (non-hydrogen) atoms. The number of allylic oxidation sites excluding steroid dienone is 1. The van der Waals surface area contributed by atoms with Gasteiger partial charge in [-0.2, -0.15) is 5.10 Å². The number of carbonyl (C=O) groups excluding carboxylic acids is 1. The Bertz CT molecular complexity index is 654. The Labute approximate surface area is 156 Å². The summed E-state index contributed by atoms with van der Waals surface area (Å²) < 4.78 is 1.92. The van der Waals surface area contributed by atoms with Crippen LogP contribution in [0.3, 0.4) is 0 Å². The number of hydrogen-bond donors (Lipinski definition) is 0. The second-order valence-electron chi connectivity index (χ2n) is 7.59. The van der Waals surface area contributed by atoms with Crippen molar-refractivity contribution >= 4 is 5.91 Å². The van der Waals surface area contributed by atoms with Gasteiger partial charge in [-0.15, -0.1) is 13.2 Å². The second-order valence-corrected chi connectivity index (χ2v) is 7.59. The first-order valence-electron chi connectivity index (χ1n) is 9.51. The van der Waals surface area contributed by atoms with Crippen molar-refractivity contribution < 1.29 is 4.79 Å². The lowest BCUT2D eigenvalue weighted by molar-refractivity contribution is -0.130. The van der Waals surface area contributed by atoms with Crippen LogP contribution in [-0.2, 0) is 17.9 Å². The Morgan fingerprint density at radius 1 is 1.19 bits per heavy atom. The molecular weight excluding hydrogens is 326 g/mol. The number of nitrogens with zero attached hydrogens (tertiary/aromatic N) is 5. The summed E-state index contributed by atoms with van der Waals surface area (Å²) in [5.74, 6) is 0.262. The number of aromatic nitrogens is 2. The summed E-state index contributed by atoms with van der Waals surface area (Å²) in [6.07, 6.45) is 10.3. The summed E-state index contributed by atoms with van der Waals surface area (Å²) in [6, 6.07) is 0. The summed E-state index contributed by atoms with van der Waals surface area (Å²) in [5.41, 5.74) is 1.32. The van der Waals surface area contributed by atoms with Crippen LogP contribution in [0.15, 0.2) is 37.7 Å². The Morgan fingerprint density at radius 2 is 2.00 bits per heavy atom. The zero-order chi connectivity index (χ0) is 18.6. The van der Waals surface area contributed by atoms with Crippen LogP contribution in [0.25, 0.3) is 0 Å². The molecule has 3 heterocycles. The standard InChI is InChI=1S/C20H31N5O/c1-4-9-24-11-8-20(7-6-19(24)26)17-23(13-12-22(20)3)15-18-14-21-25(16-18)10-5-2/h4-5,14,16H,1-2,6-13,15,17H2,3H3/t20-/m0/s1. The van der Waals surface area contributed by atoms with Gasteiger partial charge in [0.05, 0.1) is 12.7 Å². The SMILES string of the molecule is C=CCN1CC[C@@]2(CCC1=O)CN(Cc1cnn(CC=C)c1)CCN2C. The van der Waals surface area contributed by atoms with Gasteiger partial charge in [-0.25, -0.2) is 0 Å². The van der Waals surface area contributed by atoms with Crippen molar-refractivity contribution in [2.75, 3.05) is 39.8 Å². The maximum atomic E-state index is 12.4. The van der Waals surface area contributed by atoms with E-state index in [1.54, 1.807) is 0 Å². The molecule has 1 spiro atoms. The summed E-state index contributed by atoms with van der Waals surface area (Å²) in [7, 11) is 2.22. The van der Waals surface area contributed by atoms with Crippen LogP contribution in [0.1, 0.15) is 24.8 Å². The third kappa shape index (κ3) is 4.07. The van der Waals surface area contributed by atoms with Crippen molar-refractivity contribution in [2.45, 2.75) is 37.9 Å². The second kappa shape index (κ2) is 8.18. The number of likely N-dealkylation sites (N-methyl/N-ethyl adjacent to an activating group) is 1. The molecule has 0 radical (unpaired) electrons. The van der Waals surface area contributed by atoms with E-state index in [0.717, 1.165) is 52.1 Å². The topological polar surface area (TPSA) is 44.6 Å². The molecule has 6 heteroatoms. The minimum Gasteiger partial charge on any atom is -0.339 e. The van der Waals surface area contributed by atoms with Gasteiger partial charge in [-0.3, -0.25) is 19.3 Å². The molecule has 2 fully saturated rings. The minimum absolute atomic E-state index is 0.0843. The van der Waals surface area contributed by atoms with Crippen molar-refractivity contribution in [3.8, 4) is 0 Å². The molecule has 0 bridgehead atoms. The number of carbonyl (C=O) groups is 1. The molecule has 0 aliphatic carbocycles. The van der Waals surface area contributed by atoms with E-state index in [0.29, 0.717) is 13.0 Å². The van der Waals surface area contributed by atoms with Crippen LogP contribution >= 0.6 is 0 Å². The molecule has 0 saturated carbocycles. The monoisotopic (exact) mass is 357 g/mol. The van der Waals surface area contributed by atoms with E-state index in [-0.39, 0.29) is 11.4 Å². The number of rotatable bonds is 6. The first kappa shape index (κ1) is 18.9. The highest BCUT2D eigenvalue weighted by molar-refractivity contribution is 5.76. The fourth-order valence-electron chi connectivity index (χ4n) is 4.24. The number of hydrogen-bond acceptors (Lipinski definition) is 4. The molecule has 3 rings (SSSR count). The molecule has 2 saturated heterocycles. The van der Waals surface area contributed by atoms with Gasteiger partial charge < -0.3 is 4.90 Å². The zero-order valence-corrected chi connectivity index (χ0v) is 15.9. The Balaban J connectivity index is 1.67. The Kier molecular flexibility index (Phi) is 5.94. The summed E-state index contributed by atoms with van der Waals surface area (Å²) in [6.45, 7) is 13.8. The predicted octanol–water partition coefficient (Wildman–Crippen LogP) is 1.75. The molecule has 6 nitrogen and oxygen atoms in total. The fourth-order valence-corrected chi connectivity index (χ4v) is 4.24. The lowest BCUT2D eigenvalue weighted by Gasteiger charge is -2.49. The normalized spacial score (nSPS) is 25.4. The maximum absolute atomic E-state index is 12.4. The van der Waals surface area contributed by atoms with Gasteiger partial charge in [0.1, 0.15) is 0 Å². The fraction of sp³-hybridized carbons (Fsp3) is 0.600. The van der Waals surface area contributed by atoms with Crippen molar-refractivity contribution in [3.63, 3.8) is 0 Å². The first-order valence-corrected chi connectivity index (χ1v) is 9.51. The van der Waals surface area contributed by atoms with Gasteiger partial charge in [-0.05, 0) is 19.9 Å². The van der Waals surface area contributed by atoms with Crippen LogP contribution in [0.2, 0.25) is 0 Å². The number of amides is 1. The lowest BCUT2D eigenvalue weighted by atomic mass is 9.86. The Morgan fingerprint density at radius 3 is 2.77 bits per heavy atom. The van der Waals surface area contributed by atoms with Crippen LogP contribution in [0, 0.1) is 0 Å². The summed E-state index contributed by atoms with van der Waals surface area (Å²) >= 11 is 0. The van der Waals surface area contributed by atoms with Crippen molar-refractivity contribution in [3.05, 3.63) is 43.3 Å². The van der Waals surface area contributed by atoms with E-state index in [2.05, 4.69) is 41.3 Å². The number of likely N-dealkylation sites (tertiary alicyclic amines) is 1. The smallest absolute Gasteiger partial charge is 0.222 e. The third-order valence-electron chi connectivity index (χ3n) is 5.84. The van der Waals surface area contributed by atoms with Crippen LogP contribution < -0.4 is 0 Å². The van der Waals surface area contributed by atoms with Crippen molar-refractivity contribution in [1.29, 1.82) is 0 Å². The van der Waals surface area contributed by atoms with E-state index in [9.17, 15) is 4.79 Å². The molecule has 1 aromatic rings. The predicted molar refractivity (Wildman–Crippen MR) is 104 cm³/mol. The van der Waals surface area contributed by atoms with Crippen LogP contribution in [0.4, 0.5) is 0 Å². The molecule has 2 aliphatic heterocycles. The minimum atomic E-state index is 0.0843. The highest BCUT2D eigenvalue weighted by Crippen LogP contribution is 2.32. The average molecular weight is 358 g/mol. The molecular formula is C20H31N5O. The highest BCUT2D eigenvalue weighted by Gasteiger charge is 2.42. The van der Waals surface area contributed by atoms with Gasteiger partial charge in [0.25, 0.3) is 0 Å². The summed E-state index contributed by atoms with van der Waals surface area (Å²) in [5, 5.41) is 4.39. The summed E-state index contributed by atoms with van der Waals surface area (Å²) in [4.78, 5) is 19.4. The molecule has 1 atom stereocenters. The molecule has 1 aromatic heterocycles. The Hall–Kier alpha value is -1.92. The molecule has 1 amide bonds. The van der Waals surface area contributed by atoms with E-state index in [4.69, 9.17) is 0 Å². The molecule has 2 aliphatic rings. The zero-order valence-electron chi connectivity index (χ0n) is 15.9. The van der Waals surface area contributed by atoms with E-state index in [1.165, 1.54) is 5.56 Å². The quantitative estimate of drug-likeness (QED) is 0.728. The molecule has 0 unspecified atom stereocenters. The van der Waals surface area contributed by atoms with E-state index >= 15 is 0 Å². The first-order chi connectivity index (χ1) is 12.6. The third-order valence-corrected chi connectivity index (χ3v) is 5.84. The molecule has 0 aromatic carbocycles. The van der Waals surface area contributed by atoms with Crippen LogP contribution in [-0.4, -0.2) is 75.7 Å². The van der Waals surface area contributed by atoms with Gasteiger partial charge in [0.15, 0.2) is 0 Å². The molecule has 0 N–H and O–H groups in total. The van der Waals surface area contributed by atoms with Crippen molar-refractivity contribution in [1.82, 2.24) is 24.5 Å². The van der Waals surface area contributed by atoms with Gasteiger partial charge >= 0.3 is 0 Å². The van der Waals surface area contributed by atoms with E-state index < -0.39 is 0 Å². The van der Waals surface area contributed by atoms with Crippen LogP contribution in [0.5, 0.6) is 0 Å². The van der Waals surface area contributed by atoms with Gasteiger partial charge in [0, 0.05) is 63.0 Å². The van der Waals surface area contributed by atoms with Gasteiger partial charge in [-0.1, -0.05) is 12.2 Å². The van der Waals surface area contributed by atoms with Crippen molar-refractivity contribution in [2.24, 2.45) is 0 Å². The van der Waals surface area contributed by atoms with Gasteiger partial charge in [0.2, 0.25) is 5.91 Å². The maximum Gasteiger partial charge on any atom is 0.222 e. The largest absolute Gasteiger partial charge is 0.339 e. The molecule has 142 valence electrons. The number of piperazine rings is 1.